The highest BCUT2D eigenvalue weighted by atomic mass is 35.5. The number of piperazine rings is 1. The van der Waals surface area contributed by atoms with Gasteiger partial charge in [0.2, 0.25) is 0 Å². The van der Waals surface area contributed by atoms with Crippen LogP contribution >= 0.6 is 12.4 Å². The van der Waals surface area contributed by atoms with Crippen molar-refractivity contribution < 1.29 is 14.6 Å². The smallest absolute Gasteiger partial charge is 0.170 e. The minimum Gasteiger partial charge on any atom is -0.453 e. The van der Waals surface area contributed by atoms with E-state index in [4.69, 9.17) is 9.47 Å². The number of aliphatic hydroxyl groups excluding tert-OH is 1. The summed E-state index contributed by atoms with van der Waals surface area (Å²) in [5.41, 5.74) is 0.792. The molecule has 0 aliphatic carbocycles. The van der Waals surface area contributed by atoms with E-state index >= 15 is 0 Å². The zero-order chi connectivity index (χ0) is 22.4. The lowest BCUT2D eigenvalue weighted by molar-refractivity contribution is 0.0304. The summed E-state index contributed by atoms with van der Waals surface area (Å²) >= 11 is 0. The molecule has 1 aliphatic rings. The van der Waals surface area contributed by atoms with Crippen molar-refractivity contribution in [1.82, 2.24) is 10.2 Å². The second kappa shape index (κ2) is 11.5. The van der Waals surface area contributed by atoms with Gasteiger partial charge in [0.1, 0.15) is 11.5 Å². The third-order valence-corrected chi connectivity index (χ3v) is 5.89. The van der Waals surface area contributed by atoms with Crippen molar-refractivity contribution >= 4 is 12.4 Å². The van der Waals surface area contributed by atoms with Gasteiger partial charge in [-0.3, -0.25) is 4.90 Å². The van der Waals surface area contributed by atoms with Crippen molar-refractivity contribution in [3.8, 4) is 23.0 Å². The predicted molar refractivity (Wildman–Crippen MR) is 135 cm³/mol. The van der Waals surface area contributed by atoms with Gasteiger partial charge in [-0.1, -0.05) is 56.3 Å². The zero-order valence-corrected chi connectivity index (χ0v) is 20.1. The molecule has 5 nitrogen and oxygen atoms in total. The van der Waals surface area contributed by atoms with Gasteiger partial charge >= 0.3 is 0 Å². The summed E-state index contributed by atoms with van der Waals surface area (Å²) in [4.78, 5) is 2.45. The fourth-order valence-electron chi connectivity index (χ4n) is 4.27. The maximum absolute atomic E-state index is 10.2. The summed E-state index contributed by atoms with van der Waals surface area (Å²) in [6.07, 6.45) is 0. The zero-order valence-electron chi connectivity index (χ0n) is 19.2. The van der Waals surface area contributed by atoms with Gasteiger partial charge in [-0.2, -0.15) is 0 Å². The van der Waals surface area contributed by atoms with Crippen LogP contribution in [0, 0.1) is 5.41 Å². The first-order chi connectivity index (χ1) is 15.6. The molecular weight excluding hydrogens is 436 g/mol. The molecule has 0 unspecified atom stereocenters. The molecule has 33 heavy (non-hydrogen) atoms. The molecular formula is C27H33ClN2O3. The number of rotatable bonds is 8. The van der Waals surface area contributed by atoms with Crippen molar-refractivity contribution in [2.75, 3.05) is 32.8 Å². The van der Waals surface area contributed by atoms with Crippen LogP contribution in [0.5, 0.6) is 23.0 Å². The molecule has 0 amide bonds. The summed E-state index contributed by atoms with van der Waals surface area (Å²) in [5.74, 6) is 2.83. The van der Waals surface area contributed by atoms with Crippen molar-refractivity contribution in [3.05, 3.63) is 84.4 Å². The Balaban J connectivity index is 0.00000306. The lowest BCUT2D eigenvalue weighted by Gasteiger charge is -2.43. The van der Waals surface area contributed by atoms with E-state index in [1.807, 2.05) is 66.7 Å². The van der Waals surface area contributed by atoms with E-state index in [1.54, 1.807) is 0 Å². The molecule has 4 rings (SSSR count). The fraction of sp³-hybridized carbons (Fsp3) is 0.333. The topological polar surface area (TPSA) is 54.0 Å². The summed E-state index contributed by atoms with van der Waals surface area (Å²) in [6.45, 7) is 8.09. The van der Waals surface area contributed by atoms with Gasteiger partial charge in [0, 0.05) is 44.2 Å². The molecule has 2 N–H and O–H groups in total. The Morgan fingerprint density at radius 3 is 1.94 bits per heavy atom. The maximum Gasteiger partial charge on any atom is 0.170 e. The van der Waals surface area contributed by atoms with E-state index in [9.17, 15) is 5.11 Å². The van der Waals surface area contributed by atoms with E-state index < -0.39 is 0 Å². The molecule has 176 valence electrons. The van der Waals surface area contributed by atoms with Gasteiger partial charge < -0.3 is 19.9 Å². The highest BCUT2D eigenvalue weighted by Gasteiger charge is 2.36. The van der Waals surface area contributed by atoms with Crippen LogP contribution in [0.1, 0.15) is 25.5 Å². The highest BCUT2D eigenvalue weighted by Crippen LogP contribution is 2.43. The molecule has 1 atom stereocenters. The number of benzene rings is 3. The van der Waals surface area contributed by atoms with Crippen molar-refractivity contribution in [3.63, 3.8) is 0 Å². The third kappa shape index (κ3) is 6.27. The molecule has 0 bridgehead atoms. The first-order valence-electron chi connectivity index (χ1n) is 11.2. The number of halogens is 1. The van der Waals surface area contributed by atoms with Crippen LogP contribution in [0.4, 0.5) is 0 Å². The predicted octanol–water partition coefficient (Wildman–Crippen LogP) is 5.66. The first-order valence-corrected chi connectivity index (χ1v) is 11.2. The van der Waals surface area contributed by atoms with Crippen LogP contribution < -0.4 is 14.8 Å². The SMILES string of the molecule is CC(C)(CO)[C@@H](c1ccc(Oc2ccccc2)c(Oc2ccccc2)c1)N1CCNCC1.Cl. The Hall–Kier alpha value is -2.57. The van der Waals surface area contributed by atoms with E-state index in [2.05, 4.69) is 36.2 Å². The number of aliphatic hydroxyl groups is 1. The number of hydrogen-bond acceptors (Lipinski definition) is 5. The van der Waals surface area contributed by atoms with Crippen molar-refractivity contribution in [1.29, 1.82) is 0 Å². The third-order valence-electron chi connectivity index (χ3n) is 5.89. The van der Waals surface area contributed by atoms with Gasteiger partial charge in [0.25, 0.3) is 0 Å². The van der Waals surface area contributed by atoms with Gasteiger partial charge in [-0.25, -0.2) is 0 Å². The van der Waals surface area contributed by atoms with Gasteiger partial charge in [0.05, 0.1) is 0 Å². The summed E-state index contributed by atoms with van der Waals surface area (Å²) < 4.78 is 12.5. The van der Waals surface area contributed by atoms with Gasteiger partial charge in [-0.15, -0.1) is 12.4 Å². The molecule has 6 heteroatoms. The van der Waals surface area contributed by atoms with E-state index in [-0.39, 0.29) is 30.5 Å². The quantitative estimate of drug-likeness (QED) is 0.447. The number of hydrogen-bond donors (Lipinski definition) is 2. The molecule has 1 fully saturated rings. The van der Waals surface area contributed by atoms with Crippen LogP contribution in [0.2, 0.25) is 0 Å². The average molecular weight is 469 g/mol. The Kier molecular flexibility index (Phi) is 8.75. The molecule has 3 aromatic rings. The van der Waals surface area contributed by atoms with E-state index in [1.165, 1.54) is 0 Å². The average Bonchev–Trinajstić information content (AvgIpc) is 2.83. The number of ether oxygens (including phenoxy) is 2. The Morgan fingerprint density at radius 2 is 1.39 bits per heavy atom. The molecule has 0 aromatic heterocycles. The second-order valence-corrected chi connectivity index (χ2v) is 8.87. The largest absolute Gasteiger partial charge is 0.453 e. The van der Waals surface area contributed by atoms with Crippen LogP contribution in [0.25, 0.3) is 0 Å². The first kappa shape index (κ1) is 25.1. The molecule has 0 radical (unpaired) electrons. The van der Waals surface area contributed by atoms with Crippen LogP contribution in [0.3, 0.4) is 0 Å². The lowest BCUT2D eigenvalue weighted by Crippen LogP contribution is -2.49. The second-order valence-electron chi connectivity index (χ2n) is 8.87. The Bertz CT molecular complexity index is 993. The summed E-state index contributed by atoms with van der Waals surface area (Å²) in [6, 6.07) is 25.7. The van der Waals surface area contributed by atoms with Crippen molar-refractivity contribution in [2.24, 2.45) is 5.41 Å². The van der Waals surface area contributed by atoms with E-state index in [0.29, 0.717) is 11.5 Å². The molecule has 1 saturated heterocycles. The number of nitrogens with one attached hydrogen (secondary N) is 1. The Labute approximate surface area is 202 Å². The minimum atomic E-state index is -0.316. The molecule has 1 heterocycles. The normalized spacial score (nSPS) is 15.4. The van der Waals surface area contributed by atoms with Crippen LogP contribution in [-0.4, -0.2) is 42.8 Å². The maximum atomic E-state index is 10.2. The molecule has 3 aromatic carbocycles. The monoisotopic (exact) mass is 468 g/mol. The molecule has 0 saturated carbocycles. The minimum absolute atomic E-state index is 0. The van der Waals surface area contributed by atoms with Crippen LogP contribution in [-0.2, 0) is 0 Å². The van der Waals surface area contributed by atoms with Crippen molar-refractivity contribution in [2.45, 2.75) is 19.9 Å². The number of para-hydroxylation sites is 2. The molecule has 1 aliphatic heterocycles. The Morgan fingerprint density at radius 1 is 0.848 bits per heavy atom. The summed E-state index contributed by atoms with van der Waals surface area (Å²) in [5, 5.41) is 13.6. The summed E-state index contributed by atoms with van der Waals surface area (Å²) in [7, 11) is 0. The van der Waals surface area contributed by atoms with Crippen LogP contribution in [0.15, 0.2) is 78.9 Å². The number of nitrogens with zero attached hydrogens (tertiary/aromatic N) is 1. The van der Waals surface area contributed by atoms with E-state index in [0.717, 1.165) is 43.2 Å². The highest BCUT2D eigenvalue weighted by molar-refractivity contribution is 5.85. The standard InChI is InChI=1S/C27H32N2O3.ClH/c1-27(2,20-30)26(29-17-15-28-16-18-29)21-13-14-24(31-22-9-5-3-6-10-22)25(19-21)32-23-11-7-4-8-12-23;/h3-14,19,26,28,30H,15-18,20H2,1-2H3;1H/t26-;/m1./s1. The van der Waals surface area contributed by atoms with Gasteiger partial charge in [-0.05, 0) is 42.0 Å². The lowest BCUT2D eigenvalue weighted by atomic mass is 9.79. The fourth-order valence-corrected chi connectivity index (χ4v) is 4.27. The van der Waals surface area contributed by atoms with Gasteiger partial charge in [0.15, 0.2) is 11.5 Å². The molecule has 0 spiro atoms.